The van der Waals surface area contributed by atoms with Gasteiger partial charge in [0.1, 0.15) is 0 Å². The first-order valence-electron chi connectivity index (χ1n) is 5.18. The molecule has 0 aliphatic carbocycles. The van der Waals surface area contributed by atoms with Gasteiger partial charge < -0.3 is 11.1 Å². The van der Waals surface area contributed by atoms with Crippen LogP contribution in [-0.2, 0) is 13.1 Å². The van der Waals surface area contributed by atoms with E-state index in [0.717, 1.165) is 11.3 Å². The van der Waals surface area contributed by atoms with Crippen LogP contribution < -0.4 is 11.1 Å². The third kappa shape index (κ3) is 3.84. The molecule has 0 amide bonds. The predicted octanol–water partition coefficient (Wildman–Crippen LogP) is 1.14. The minimum Gasteiger partial charge on any atom is -0.370 e. The number of aliphatic imine (C=N–C) groups is 1. The molecule has 3 N–H and O–H groups in total. The van der Waals surface area contributed by atoms with Gasteiger partial charge in [0.15, 0.2) is 5.96 Å². The fraction of sp³-hybridized carbons (Fsp3) is 0.182. The van der Waals surface area contributed by atoms with Crippen molar-refractivity contribution in [2.45, 2.75) is 13.1 Å². The van der Waals surface area contributed by atoms with Crippen LogP contribution in [0.1, 0.15) is 11.3 Å². The van der Waals surface area contributed by atoms with Gasteiger partial charge in [-0.2, -0.15) is 0 Å². The maximum atomic E-state index is 5.73. The number of hydrogen-bond donors (Lipinski definition) is 2. The zero-order valence-corrected chi connectivity index (χ0v) is 10.0. The maximum Gasteiger partial charge on any atom is 0.189 e. The first-order valence-corrected chi connectivity index (χ1v) is 6.02. The van der Waals surface area contributed by atoms with Crippen LogP contribution in [0.25, 0.3) is 0 Å². The molecule has 1 aromatic carbocycles. The highest BCUT2D eigenvalue weighted by molar-refractivity contribution is 7.03. The minimum atomic E-state index is 0.418. The van der Waals surface area contributed by atoms with Crippen molar-refractivity contribution >= 4 is 17.5 Å². The van der Waals surface area contributed by atoms with E-state index in [9.17, 15) is 0 Å². The second-order valence-electron chi connectivity index (χ2n) is 3.44. The first-order chi connectivity index (χ1) is 8.34. The Morgan fingerprint density at radius 3 is 2.88 bits per heavy atom. The van der Waals surface area contributed by atoms with E-state index in [0.29, 0.717) is 19.0 Å². The van der Waals surface area contributed by atoms with Gasteiger partial charge in [-0.15, -0.1) is 5.10 Å². The van der Waals surface area contributed by atoms with Crippen molar-refractivity contribution < 1.29 is 0 Å². The van der Waals surface area contributed by atoms with Gasteiger partial charge in [0, 0.05) is 5.38 Å². The average molecular weight is 247 g/mol. The molecular weight excluding hydrogens is 234 g/mol. The van der Waals surface area contributed by atoms with Crippen molar-refractivity contribution in [1.29, 1.82) is 0 Å². The van der Waals surface area contributed by atoms with Crippen LogP contribution in [0.4, 0.5) is 0 Å². The highest BCUT2D eigenvalue weighted by Gasteiger charge is 1.97. The summed E-state index contributed by atoms with van der Waals surface area (Å²) in [6.07, 6.45) is 0. The van der Waals surface area contributed by atoms with Crippen molar-refractivity contribution in [3.05, 3.63) is 47.0 Å². The Bertz CT molecular complexity index is 466. The van der Waals surface area contributed by atoms with Gasteiger partial charge >= 0.3 is 0 Å². The number of hydrogen-bond acceptors (Lipinski definition) is 4. The summed E-state index contributed by atoms with van der Waals surface area (Å²) in [7, 11) is 0. The van der Waals surface area contributed by atoms with E-state index >= 15 is 0 Å². The molecule has 0 fully saturated rings. The molecule has 0 radical (unpaired) electrons. The fourth-order valence-electron chi connectivity index (χ4n) is 1.26. The van der Waals surface area contributed by atoms with Crippen molar-refractivity contribution in [2.75, 3.05) is 0 Å². The third-order valence-electron chi connectivity index (χ3n) is 2.13. The highest BCUT2D eigenvalue weighted by atomic mass is 32.1. The van der Waals surface area contributed by atoms with Gasteiger partial charge in [0.25, 0.3) is 0 Å². The molecule has 0 saturated carbocycles. The summed E-state index contributed by atoms with van der Waals surface area (Å²) in [5.74, 6) is 0.418. The summed E-state index contributed by atoms with van der Waals surface area (Å²) in [5.41, 5.74) is 7.73. The van der Waals surface area contributed by atoms with Gasteiger partial charge in [0.05, 0.1) is 18.8 Å². The molecule has 1 aromatic heterocycles. The quantitative estimate of drug-likeness (QED) is 0.627. The van der Waals surface area contributed by atoms with Crippen LogP contribution in [0.3, 0.4) is 0 Å². The van der Waals surface area contributed by atoms with Gasteiger partial charge in [-0.1, -0.05) is 34.8 Å². The van der Waals surface area contributed by atoms with Crippen molar-refractivity contribution in [3.8, 4) is 0 Å². The molecule has 2 rings (SSSR count). The number of guanidine groups is 1. The zero-order chi connectivity index (χ0) is 11.9. The van der Waals surface area contributed by atoms with Crippen molar-refractivity contribution in [1.82, 2.24) is 14.9 Å². The molecule has 0 bridgehead atoms. The Hall–Kier alpha value is -1.95. The Morgan fingerprint density at radius 2 is 2.18 bits per heavy atom. The summed E-state index contributed by atoms with van der Waals surface area (Å²) >= 11 is 1.32. The molecule has 0 unspecified atom stereocenters. The van der Waals surface area contributed by atoms with E-state index in [1.54, 1.807) is 0 Å². The maximum absolute atomic E-state index is 5.73. The highest BCUT2D eigenvalue weighted by Crippen LogP contribution is 2.00. The first kappa shape index (κ1) is 11.5. The smallest absolute Gasteiger partial charge is 0.189 e. The van der Waals surface area contributed by atoms with E-state index in [2.05, 4.69) is 19.9 Å². The fourth-order valence-corrected chi connectivity index (χ4v) is 1.71. The van der Waals surface area contributed by atoms with Crippen LogP contribution >= 0.6 is 11.5 Å². The van der Waals surface area contributed by atoms with Crippen molar-refractivity contribution in [2.24, 2.45) is 10.7 Å². The molecule has 1 heterocycles. The Morgan fingerprint density at radius 1 is 1.35 bits per heavy atom. The van der Waals surface area contributed by atoms with Gasteiger partial charge in [0.2, 0.25) is 0 Å². The van der Waals surface area contributed by atoms with E-state index in [4.69, 9.17) is 5.73 Å². The second-order valence-corrected chi connectivity index (χ2v) is 4.05. The topological polar surface area (TPSA) is 76.2 Å². The lowest BCUT2D eigenvalue weighted by molar-refractivity contribution is 0.843. The Labute approximate surface area is 104 Å². The average Bonchev–Trinajstić information content (AvgIpc) is 2.88. The Balaban J connectivity index is 1.81. The number of nitrogens with two attached hydrogens (primary N) is 1. The largest absolute Gasteiger partial charge is 0.370 e. The summed E-state index contributed by atoms with van der Waals surface area (Å²) < 4.78 is 3.76. The number of benzene rings is 1. The van der Waals surface area contributed by atoms with Gasteiger partial charge in [-0.05, 0) is 17.1 Å². The molecule has 88 valence electrons. The Kier molecular flexibility index (Phi) is 4.04. The van der Waals surface area contributed by atoms with E-state index in [-0.39, 0.29) is 0 Å². The molecule has 0 aliphatic heterocycles. The number of nitrogens with zero attached hydrogens (tertiary/aromatic N) is 3. The predicted molar refractivity (Wildman–Crippen MR) is 68.5 cm³/mol. The molecule has 0 saturated heterocycles. The number of rotatable bonds is 4. The lowest BCUT2D eigenvalue weighted by atomic mass is 10.2. The second kappa shape index (κ2) is 5.95. The minimum absolute atomic E-state index is 0.418. The monoisotopic (exact) mass is 247 g/mol. The summed E-state index contributed by atoms with van der Waals surface area (Å²) in [4.78, 5) is 4.23. The third-order valence-corrected chi connectivity index (χ3v) is 2.68. The number of aromatic nitrogens is 2. The lowest BCUT2D eigenvalue weighted by Crippen LogP contribution is -2.31. The van der Waals surface area contributed by atoms with Gasteiger partial charge in [-0.3, -0.25) is 0 Å². The molecule has 6 heteroatoms. The van der Waals surface area contributed by atoms with Crippen LogP contribution in [-0.4, -0.2) is 15.5 Å². The van der Waals surface area contributed by atoms with E-state index in [1.165, 1.54) is 11.5 Å². The van der Waals surface area contributed by atoms with Crippen LogP contribution in [0.15, 0.2) is 40.7 Å². The molecule has 5 nitrogen and oxygen atoms in total. The van der Waals surface area contributed by atoms with Gasteiger partial charge in [-0.25, -0.2) is 4.99 Å². The SMILES string of the molecule is NC(=NCc1ccccc1)NCc1csnn1. The van der Waals surface area contributed by atoms with Crippen molar-refractivity contribution in [3.63, 3.8) is 0 Å². The lowest BCUT2D eigenvalue weighted by Gasteiger charge is -2.03. The molecule has 0 aliphatic rings. The van der Waals surface area contributed by atoms with Crippen LogP contribution in [0, 0.1) is 0 Å². The van der Waals surface area contributed by atoms with E-state index in [1.807, 2.05) is 35.7 Å². The molecule has 2 aromatic rings. The molecule has 0 atom stereocenters. The molecule has 17 heavy (non-hydrogen) atoms. The summed E-state index contributed by atoms with van der Waals surface area (Å²) in [6.45, 7) is 1.13. The normalized spacial score (nSPS) is 11.4. The molecular formula is C11H13N5S. The van der Waals surface area contributed by atoms with E-state index < -0.39 is 0 Å². The summed E-state index contributed by atoms with van der Waals surface area (Å²) in [6, 6.07) is 9.97. The molecule has 0 spiro atoms. The van der Waals surface area contributed by atoms with Crippen LogP contribution in [0.5, 0.6) is 0 Å². The number of nitrogens with one attached hydrogen (secondary N) is 1. The van der Waals surface area contributed by atoms with Crippen LogP contribution in [0.2, 0.25) is 0 Å². The standard InChI is InChI=1S/C11H13N5S/c12-11(14-7-10-8-17-16-15-10)13-6-9-4-2-1-3-5-9/h1-5,8H,6-7H2,(H3,12,13,14). The summed E-state index contributed by atoms with van der Waals surface area (Å²) in [5, 5.41) is 8.76. The zero-order valence-electron chi connectivity index (χ0n) is 9.21.